The van der Waals surface area contributed by atoms with Crippen molar-refractivity contribution in [1.82, 2.24) is 0 Å². The van der Waals surface area contributed by atoms with E-state index in [0.29, 0.717) is 11.4 Å². The zero-order valence-corrected chi connectivity index (χ0v) is 7.77. The summed E-state index contributed by atoms with van der Waals surface area (Å²) in [6, 6.07) is 10.7. The third kappa shape index (κ3) is 1.50. The van der Waals surface area contributed by atoms with E-state index in [4.69, 9.17) is 6.57 Å². The molecule has 0 heterocycles. The number of hydrogen-bond acceptors (Lipinski definition) is 2. The van der Waals surface area contributed by atoms with Crippen LogP contribution in [-0.4, -0.2) is 6.08 Å². The van der Waals surface area contributed by atoms with E-state index in [-0.39, 0.29) is 0 Å². The van der Waals surface area contributed by atoms with Crippen molar-refractivity contribution in [3.63, 3.8) is 0 Å². The topological polar surface area (TPSA) is 33.8 Å². The van der Waals surface area contributed by atoms with Crippen molar-refractivity contribution in [3.05, 3.63) is 47.8 Å². The first-order valence-electron chi connectivity index (χ1n) is 4.34. The summed E-state index contributed by atoms with van der Waals surface area (Å²) in [7, 11) is 0. The predicted molar refractivity (Wildman–Crippen MR) is 58.0 cm³/mol. The molecule has 0 amide bonds. The van der Waals surface area contributed by atoms with E-state index in [0.717, 1.165) is 10.8 Å². The quantitative estimate of drug-likeness (QED) is 0.389. The van der Waals surface area contributed by atoms with Gasteiger partial charge < -0.3 is 0 Å². The van der Waals surface area contributed by atoms with Gasteiger partial charge in [0.1, 0.15) is 0 Å². The maximum Gasteiger partial charge on any atom is 0.240 e. The minimum Gasteiger partial charge on any atom is -0.238 e. The van der Waals surface area contributed by atoms with Crippen molar-refractivity contribution in [2.24, 2.45) is 4.99 Å². The summed E-state index contributed by atoms with van der Waals surface area (Å²) >= 11 is 0. The van der Waals surface area contributed by atoms with Gasteiger partial charge in [0.15, 0.2) is 5.69 Å². The molecule has 0 saturated carbocycles. The average Bonchev–Trinajstić information content (AvgIpc) is 2.30. The standard InChI is InChI=1S/C12H6N2O/c1-13-11-6-7-12(14-8-15)10-5-3-2-4-9(10)11/h2-7H. The van der Waals surface area contributed by atoms with Crippen LogP contribution in [-0.2, 0) is 4.79 Å². The molecule has 0 bridgehead atoms. The van der Waals surface area contributed by atoms with Crippen LogP contribution in [0.1, 0.15) is 0 Å². The fraction of sp³-hybridized carbons (Fsp3) is 0. The molecular weight excluding hydrogens is 188 g/mol. The Bertz CT molecular complexity index is 605. The maximum absolute atomic E-state index is 10.2. The van der Waals surface area contributed by atoms with E-state index < -0.39 is 0 Å². The van der Waals surface area contributed by atoms with Crippen LogP contribution >= 0.6 is 0 Å². The van der Waals surface area contributed by atoms with Crippen LogP contribution in [0.4, 0.5) is 11.4 Å². The summed E-state index contributed by atoms with van der Waals surface area (Å²) in [5, 5.41) is 1.61. The zero-order valence-electron chi connectivity index (χ0n) is 7.77. The second-order valence-electron chi connectivity index (χ2n) is 2.96. The Morgan fingerprint density at radius 1 is 1.13 bits per heavy atom. The van der Waals surface area contributed by atoms with Crippen LogP contribution in [0.15, 0.2) is 41.4 Å². The number of nitrogens with zero attached hydrogens (tertiary/aromatic N) is 2. The van der Waals surface area contributed by atoms with Gasteiger partial charge in [0.05, 0.1) is 12.3 Å². The molecule has 0 spiro atoms. The first-order chi connectivity index (χ1) is 7.36. The van der Waals surface area contributed by atoms with Crippen LogP contribution < -0.4 is 0 Å². The van der Waals surface area contributed by atoms with E-state index in [1.807, 2.05) is 24.3 Å². The summed E-state index contributed by atoms with van der Waals surface area (Å²) in [5.74, 6) is 0. The Kier molecular flexibility index (Phi) is 2.28. The van der Waals surface area contributed by atoms with E-state index in [2.05, 4.69) is 9.84 Å². The molecule has 0 fully saturated rings. The molecule has 2 rings (SSSR count). The van der Waals surface area contributed by atoms with Crippen LogP contribution in [0, 0.1) is 6.57 Å². The number of carbonyl (C=O) groups excluding carboxylic acids is 1. The predicted octanol–water partition coefficient (Wildman–Crippen LogP) is 3.36. The van der Waals surface area contributed by atoms with Gasteiger partial charge in [-0.25, -0.2) is 9.64 Å². The van der Waals surface area contributed by atoms with Crippen molar-refractivity contribution in [3.8, 4) is 0 Å². The number of aliphatic imine (C=N–C) groups is 1. The van der Waals surface area contributed by atoms with Gasteiger partial charge in [-0.05, 0) is 16.8 Å². The molecule has 2 aromatic rings. The lowest BCUT2D eigenvalue weighted by Gasteiger charge is -2.01. The van der Waals surface area contributed by atoms with Gasteiger partial charge in [0.25, 0.3) is 0 Å². The summed E-state index contributed by atoms with van der Waals surface area (Å²) in [5.41, 5.74) is 1.11. The molecule has 0 radical (unpaired) electrons. The molecule has 0 atom stereocenters. The zero-order chi connectivity index (χ0) is 10.7. The summed E-state index contributed by atoms with van der Waals surface area (Å²) < 4.78 is 0. The lowest BCUT2D eigenvalue weighted by Crippen LogP contribution is -1.73. The van der Waals surface area contributed by atoms with Crippen LogP contribution in [0.2, 0.25) is 0 Å². The van der Waals surface area contributed by atoms with Gasteiger partial charge in [0, 0.05) is 0 Å². The smallest absolute Gasteiger partial charge is 0.238 e. The molecule has 70 valence electrons. The summed E-state index contributed by atoms with van der Waals surface area (Å²) in [6.45, 7) is 7.02. The first-order valence-corrected chi connectivity index (χ1v) is 4.34. The number of isocyanates is 1. The Morgan fingerprint density at radius 3 is 2.53 bits per heavy atom. The lowest BCUT2D eigenvalue weighted by molar-refractivity contribution is 0.565. The molecule has 0 aromatic heterocycles. The largest absolute Gasteiger partial charge is 0.240 e. The highest BCUT2D eigenvalue weighted by atomic mass is 16.1. The molecule has 0 aliphatic carbocycles. The summed E-state index contributed by atoms with van der Waals surface area (Å²) in [6.07, 6.45) is 1.51. The van der Waals surface area contributed by atoms with Crippen molar-refractivity contribution in [2.75, 3.05) is 0 Å². The number of rotatable bonds is 1. The molecule has 3 nitrogen and oxygen atoms in total. The van der Waals surface area contributed by atoms with Gasteiger partial charge in [0.2, 0.25) is 6.08 Å². The minimum atomic E-state index is 0.549. The van der Waals surface area contributed by atoms with Crippen LogP contribution in [0.5, 0.6) is 0 Å². The Hall–Kier alpha value is -2.43. The third-order valence-corrected chi connectivity index (χ3v) is 2.16. The highest BCUT2D eigenvalue weighted by Crippen LogP contribution is 2.32. The number of hydrogen-bond donors (Lipinski definition) is 0. The van der Waals surface area contributed by atoms with E-state index >= 15 is 0 Å². The highest BCUT2D eigenvalue weighted by molar-refractivity contribution is 6.01. The van der Waals surface area contributed by atoms with Crippen molar-refractivity contribution < 1.29 is 4.79 Å². The average molecular weight is 194 g/mol. The summed E-state index contributed by atoms with van der Waals surface area (Å²) in [4.78, 5) is 17.2. The van der Waals surface area contributed by atoms with Gasteiger partial charge in [-0.15, -0.1) is 0 Å². The second-order valence-corrected chi connectivity index (χ2v) is 2.96. The van der Waals surface area contributed by atoms with Crippen molar-refractivity contribution >= 4 is 28.2 Å². The normalized spacial score (nSPS) is 9.27. The Balaban J connectivity index is 2.90. The molecule has 0 N–H and O–H groups in total. The van der Waals surface area contributed by atoms with E-state index in [1.165, 1.54) is 6.08 Å². The fourth-order valence-corrected chi connectivity index (χ4v) is 1.51. The van der Waals surface area contributed by atoms with Gasteiger partial charge in [-0.3, -0.25) is 0 Å². The fourth-order valence-electron chi connectivity index (χ4n) is 1.51. The second kappa shape index (κ2) is 3.75. The number of benzene rings is 2. The molecule has 3 heteroatoms. The van der Waals surface area contributed by atoms with E-state index in [1.54, 1.807) is 12.1 Å². The molecule has 0 unspecified atom stereocenters. The van der Waals surface area contributed by atoms with Crippen molar-refractivity contribution in [1.29, 1.82) is 0 Å². The molecule has 2 aromatic carbocycles. The maximum atomic E-state index is 10.2. The van der Waals surface area contributed by atoms with Crippen LogP contribution in [0.3, 0.4) is 0 Å². The Labute approximate surface area is 86.5 Å². The van der Waals surface area contributed by atoms with Gasteiger partial charge in [-0.1, -0.05) is 30.3 Å². The van der Waals surface area contributed by atoms with Crippen molar-refractivity contribution in [2.45, 2.75) is 0 Å². The minimum absolute atomic E-state index is 0.549. The molecule has 0 saturated heterocycles. The van der Waals surface area contributed by atoms with Crippen LogP contribution in [0.25, 0.3) is 15.6 Å². The monoisotopic (exact) mass is 194 g/mol. The molecule has 0 aliphatic heterocycles. The number of fused-ring (bicyclic) bond motifs is 1. The Morgan fingerprint density at radius 2 is 1.87 bits per heavy atom. The molecular formula is C12H6N2O. The molecule has 15 heavy (non-hydrogen) atoms. The van der Waals surface area contributed by atoms with Gasteiger partial charge in [-0.2, -0.15) is 4.99 Å². The lowest BCUT2D eigenvalue weighted by atomic mass is 10.1. The first kappa shape index (κ1) is 9.14. The highest BCUT2D eigenvalue weighted by Gasteiger charge is 2.03. The van der Waals surface area contributed by atoms with Gasteiger partial charge >= 0.3 is 0 Å². The molecule has 0 aliphatic rings. The third-order valence-electron chi connectivity index (χ3n) is 2.16. The van der Waals surface area contributed by atoms with E-state index in [9.17, 15) is 4.79 Å². The SMILES string of the molecule is [C-]#[N+]c1ccc(N=C=O)c2ccccc12.